The van der Waals surface area contributed by atoms with Crippen molar-refractivity contribution in [1.82, 2.24) is 0 Å². The molecule has 4 atom stereocenters. The fourth-order valence-electron chi connectivity index (χ4n) is 4.71. The Morgan fingerprint density at radius 1 is 1.14 bits per heavy atom. The van der Waals surface area contributed by atoms with E-state index >= 15 is 0 Å². The van der Waals surface area contributed by atoms with Crippen LogP contribution in [0, 0.1) is 11.3 Å². The summed E-state index contributed by atoms with van der Waals surface area (Å²) in [6, 6.07) is 0. The van der Waals surface area contributed by atoms with Crippen LogP contribution in [-0.4, -0.2) is 22.4 Å². The van der Waals surface area contributed by atoms with Gasteiger partial charge in [0, 0.05) is 0 Å². The second-order valence-corrected chi connectivity index (χ2v) is 7.59. The van der Waals surface area contributed by atoms with E-state index in [9.17, 15) is 10.2 Å². The number of fused-ring (bicyclic) bond motifs is 1. The minimum atomic E-state index is -0.214. The van der Waals surface area contributed by atoms with Crippen molar-refractivity contribution in [3.63, 3.8) is 0 Å². The first-order valence-corrected chi connectivity index (χ1v) is 8.42. The Morgan fingerprint density at radius 3 is 2.76 bits per heavy atom. The SMILES string of the molecule is C=C1CC[C@H](O)C/C1=C/C=C1\C[C@H](O)C[C@]2(C)CCC[C@@H]12. The Hall–Kier alpha value is -0.860. The molecule has 0 amide bonds. The molecule has 2 heteroatoms. The van der Waals surface area contributed by atoms with Gasteiger partial charge in [0.25, 0.3) is 0 Å². The summed E-state index contributed by atoms with van der Waals surface area (Å²) >= 11 is 0. The van der Waals surface area contributed by atoms with Crippen LogP contribution >= 0.6 is 0 Å². The van der Waals surface area contributed by atoms with E-state index in [0.29, 0.717) is 11.3 Å². The molecule has 0 aromatic heterocycles. The molecular weight excluding hydrogens is 260 g/mol. The van der Waals surface area contributed by atoms with E-state index in [1.54, 1.807) is 0 Å². The second-order valence-electron chi connectivity index (χ2n) is 7.59. The first-order valence-electron chi connectivity index (χ1n) is 8.42. The van der Waals surface area contributed by atoms with Crippen molar-refractivity contribution < 1.29 is 10.2 Å². The van der Waals surface area contributed by atoms with Crippen molar-refractivity contribution in [1.29, 1.82) is 0 Å². The molecular formula is C19H28O2. The van der Waals surface area contributed by atoms with Gasteiger partial charge in [-0.3, -0.25) is 0 Å². The van der Waals surface area contributed by atoms with Crippen LogP contribution in [0.5, 0.6) is 0 Å². The summed E-state index contributed by atoms with van der Waals surface area (Å²) in [5, 5.41) is 20.0. The van der Waals surface area contributed by atoms with E-state index in [4.69, 9.17) is 0 Å². The summed E-state index contributed by atoms with van der Waals surface area (Å²) in [6.07, 6.45) is 12.0. The Bertz CT molecular complexity index is 488. The summed E-state index contributed by atoms with van der Waals surface area (Å²) in [5.74, 6) is 0.638. The van der Waals surface area contributed by atoms with Gasteiger partial charge in [-0.15, -0.1) is 0 Å². The van der Waals surface area contributed by atoms with Crippen LogP contribution in [0.4, 0.5) is 0 Å². The van der Waals surface area contributed by atoms with Crippen LogP contribution in [0.1, 0.15) is 58.3 Å². The maximum absolute atomic E-state index is 10.2. The predicted octanol–water partition coefficient (Wildman–Crippen LogP) is 3.90. The van der Waals surface area contributed by atoms with E-state index in [0.717, 1.165) is 32.1 Å². The quantitative estimate of drug-likeness (QED) is 0.768. The van der Waals surface area contributed by atoms with Crippen LogP contribution in [0.3, 0.4) is 0 Å². The van der Waals surface area contributed by atoms with E-state index in [2.05, 4.69) is 25.7 Å². The summed E-state index contributed by atoms with van der Waals surface area (Å²) in [7, 11) is 0. The third-order valence-corrected chi connectivity index (χ3v) is 5.89. The number of hydrogen-bond acceptors (Lipinski definition) is 2. The molecule has 2 N–H and O–H groups in total. The standard InChI is InChI=1S/C19H28O2/c1-13-5-8-16(20)10-14(13)6-7-15-11-17(21)12-19(2)9-3-4-18(15)19/h6-7,16-18,20-21H,1,3-5,8-12H2,2H3/b14-6-,15-7+/t16-,17-,18-,19-/m0/s1. The minimum Gasteiger partial charge on any atom is -0.393 e. The average Bonchev–Trinajstić information content (AvgIpc) is 2.80. The van der Waals surface area contributed by atoms with Gasteiger partial charge in [0.1, 0.15) is 0 Å². The molecule has 21 heavy (non-hydrogen) atoms. The van der Waals surface area contributed by atoms with Gasteiger partial charge in [-0.1, -0.05) is 43.2 Å². The predicted molar refractivity (Wildman–Crippen MR) is 85.9 cm³/mol. The first-order chi connectivity index (χ1) is 9.98. The maximum atomic E-state index is 10.2. The van der Waals surface area contributed by atoms with Crippen molar-refractivity contribution in [2.45, 2.75) is 70.5 Å². The monoisotopic (exact) mass is 288 g/mol. The number of aliphatic hydroxyl groups excluding tert-OH is 2. The lowest BCUT2D eigenvalue weighted by atomic mass is 9.66. The third kappa shape index (κ3) is 3.02. The van der Waals surface area contributed by atoms with E-state index < -0.39 is 0 Å². The maximum Gasteiger partial charge on any atom is 0.0583 e. The highest BCUT2D eigenvalue weighted by atomic mass is 16.3. The van der Waals surface area contributed by atoms with Crippen molar-refractivity contribution in [3.8, 4) is 0 Å². The lowest BCUT2D eigenvalue weighted by molar-refractivity contribution is 0.0605. The van der Waals surface area contributed by atoms with E-state index in [1.165, 1.54) is 36.0 Å². The smallest absolute Gasteiger partial charge is 0.0583 e. The van der Waals surface area contributed by atoms with Crippen LogP contribution in [-0.2, 0) is 0 Å². The van der Waals surface area contributed by atoms with Gasteiger partial charge in [0.15, 0.2) is 0 Å². The Balaban J connectivity index is 1.82. The lowest BCUT2D eigenvalue weighted by Crippen LogP contribution is -2.34. The molecule has 0 saturated heterocycles. The van der Waals surface area contributed by atoms with Crippen LogP contribution in [0.15, 0.2) is 35.5 Å². The fourth-order valence-corrected chi connectivity index (χ4v) is 4.71. The molecule has 0 aromatic carbocycles. The Kier molecular flexibility index (Phi) is 4.11. The van der Waals surface area contributed by atoms with Gasteiger partial charge in [-0.2, -0.15) is 0 Å². The highest BCUT2D eigenvalue weighted by Gasteiger charge is 2.45. The third-order valence-electron chi connectivity index (χ3n) is 5.89. The molecule has 0 aromatic rings. The minimum absolute atomic E-state index is 0.186. The largest absolute Gasteiger partial charge is 0.393 e. The van der Waals surface area contributed by atoms with Crippen molar-refractivity contribution in [3.05, 3.63) is 35.5 Å². The molecule has 0 bridgehead atoms. The molecule has 2 nitrogen and oxygen atoms in total. The topological polar surface area (TPSA) is 40.5 Å². The molecule has 0 radical (unpaired) electrons. The molecule has 3 aliphatic carbocycles. The number of rotatable bonds is 1. The molecule has 0 heterocycles. The van der Waals surface area contributed by atoms with Gasteiger partial charge in [0.05, 0.1) is 12.2 Å². The van der Waals surface area contributed by atoms with Gasteiger partial charge in [0.2, 0.25) is 0 Å². The average molecular weight is 288 g/mol. The van der Waals surface area contributed by atoms with Crippen LogP contribution in [0.2, 0.25) is 0 Å². The van der Waals surface area contributed by atoms with Crippen molar-refractivity contribution >= 4 is 0 Å². The number of hydrogen-bond donors (Lipinski definition) is 2. The molecule has 116 valence electrons. The summed E-state index contributed by atoms with van der Waals surface area (Å²) in [4.78, 5) is 0. The van der Waals surface area contributed by atoms with Crippen LogP contribution in [0.25, 0.3) is 0 Å². The summed E-state index contributed by atoms with van der Waals surface area (Å²) in [5.41, 5.74) is 4.07. The number of aliphatic hydroxyl groups is 2. The molecule has 3 aliphatic rings. The fraction of sp³-hybridized carbons (Fsp3) is 0.684. The Labute approximate surface area is 128 Å². The van der Waals surface area contributed by atoms with Gasteiger partial charge >= 0.3 is 0 Å². The molecule has 0 unspecified atom stereocenters. The van der Waals surface area contributed by atoms with Crippen molar-refractivity contribution in [2.75, 3.05) is 0 Å². The molecule has 3 rings (SSSR count). The molecule has 0 spiro atoms. The summed E-state index contributed by atoms with van der Waals surface area (Å²) in [6.45, 7) is 6.48. The molecule has 3 saturated carbocycles. The Morgan fingerprint density at radius 2 is 1.95 bits per heavy atom. The zero-order valence-electron chi connectivity index (χ0n) is 13.1. The summed E-state index contributed by atoms with van der Waals surface area (Å²) < 4.78 is 0. The molecule has 0 aliphatic heterocycles. The lowest BCUT2D eigenvalue weighted by Gasteiger charge is -2.40. The normalized spacial score (nSPS) is 44.3. The highest BCUT2D eigenvalue weighted by molar-refractivity contribution is 5.36. The number of allylic oxidation sites excluding steroid dienone is 3. The molecule has 3 fully saturated rings. The van der Waals surface area contributed by atoms with Gasteiger partial charge in [-0.25, -0.2) is 0 Å². The van der Waals surface area contributed by atoms with Gasteiger partial charge in [-0.05, 0) is 61.9 Å². The zero-order valence-corrected chi connectivity index (χ0v) is 13.1. The highest BCUT2D eigenvalue weighted by Crippen LogP contribution is 2.54. The van der Waals surface area contributed by atoms with E-state index in [-0.39, 0.29) is 12.2 Å². The second kappa shape index (κ2) is 5.73. The zero-order chi connectivity index (χ0) is 15.0. The first kappa shape index (κ1) is 15.1. The van der Waals surface area contributed by atoms with Crippen LogP contribution < -0.4 is 0 Å². The van der Waals surface area contributed by atoms with E-state index in [1.807, 2.05) is 0 Å². The van der Waals surface area contributed by atoms with Gasteiger partial charge < -0.3 is 10.2 Å². The van der Waals surface area contributed by atoms with Crippen molar-refractivity contribution in [2.24, 2.45) is 11.3 Å².